The molecule has 2 fully saturated rings. The highest BCUT2D eigenvalue weighted by atomic mass is 19.1. The van der Waals surface area contributed by atoms with Gasteiger partial charge in [0, 0.05) is 92.1 Å². The second-order valence-corrected chi connectivity index (χ2v) is 14.8. The summed E-state index contributed by atoms with van der Waals surface area (Å²) in [6.07, 6.45) is 4.16. The number of aryl methyl sites for hydroxylation is 2. The van der Waals surface area contributed by atoms with E-state index in [0.717, 1.165) is 86.9 Å². The number of fused-ring (bicyclic) bond motifs is 2. The number of aliphatic carboxylic acids is 1. The molecule has 3 aromatic heterocycles. The fraction of sp³-hybridized carbons (Fsp3) is 0.513. The zero-order chi connectivity index (χ0) is 35.3. The first-order valence-electron chi connectivity index (χ1n) is 17.8. The van der Waals surface area contributed by atoms with Gasteiger partial charge in [-0.2, -0.15) is 0 Å². The summed E-state index contributed by atoms with van der Waals surface area (Å²) in [5, 5.41) is 11.3. The van der Waals surface area contributed by atoms with Crippen molar-refractivity contribution in [2.45, 2.75) is 78.0 Å². The predicted octanol–water partition coefficient (Wildman–Crippen LogP) is 6.63. The van der Waals surface area contributed by atoms with Gasteiger partial charge in [-0.3, -0.25) is 9.88 Å². The van der Waals surface area contributed by atoms with Crippen LogP contribution in [0.1, 0.15) is 68.5 Å². The summed E-state index contributed by atoms with van der Waals surface area (Å²) in [6, 6.07) is 8.28. The zero-order valence-electron chi connectivity index (χ0n) is 30.0. The monoisotopic (exact) mass is 685 g/mol. The Bertz CT molecular complexity index is 1920. The molecule has 7 rings (SSSR count). The zero-order valence-corrected chi connectivity index (χ0v) is 30.0. The van der Waals surface area contributed by atoms with E-state index >= 15 is 4.39 Å². The van der Waals surface area contributed by atoms with E-state index in [-0.39, 0.29) is 5.75 Å². The average molecular weight is 686 g/mol. The van der Waals surface area contributed by atoms with E-state index in [1.54, 1.807) is 6.92 Å². The maximum Gasteiger partial charge on any atom is 0.337 e. The summed E-state index contributed by atoms with van der Waals surface area (Å²) in [5.41, 5.74) is 6.42. The van der Waals surface area contributed by atoms with Gasteiger partial charge in [-0.1, -0.05) is 0 Å². The molecular formula is C39H48FN5O5. The molecule has 0 spiro atoms. The van der Waals surface area contributed by atoms with Gasteiger partial charge in [0.15, 0.2) is 17.7 Å². The van der Waals surface area contributed by atoms with Crippen LogP contribution < -0.4 is 9.64 Å². The van der Waals surface area contributed by atoms with Crippen LogP contribution in [0.2, 0.25) is 0 Å². The highest BCUT2D eigenvalue weighted by molar-refractivity contribution is 6.01. The SMILES string of the molecule is Cc1nc2c(cc(-c3cc(N4CCN(C5CCOCC5)CC4)ccn3)n2C)c(-c2cc(F)c3c(c2C)CCCO3)c1[C@H](OC(C)(C)C)C(=O)O. The molecule has 50 heavy (non-hydrogen) atoms. The number of piperazine rings is 1. The highest BCUT2D eigenvalue weighted by Gasteiger charge is 2.35. The summed E-state index contributed by atoms with van der Waals surface area (Å²) in [7, 11) is 1.95. The molecule has 0 amide bonds. The Hall–Kier alpha value is -4.06. The number of hydrogen-bond donors (Lipinski definition) is 1. The third-order valence-electron chi connectivity index (χ3n) is 10.5. The van der Waals surface area contributed by atoms with Gasteiger partial charge in [-0.15, -0.1) is 0 Å². The van der Waals surface area contributed by atoms with E-state index in [9.17, 15) is 9.90 Å². The Labute approximate surface area is 293 Å². The number of carbonyl (C=O) groups is 1. The van der Waals surface area contributed by atoms with Crippen molar-refractivity contribution in [3.05, 3.63) is 58.7 Å². The van der Waals surface area contributed by atoms with Crippen LogP contribution in [0.25, 0.3) is 33.5 Å². The van der Waals surface area contributed by atoms with Gasteiger partial charge < -0.3 is 28.8 Å². The van der Waals surface area contributed by atoms with Crippen LogP contribution in [0.3, 0.4) is 0 Å². The third kappa shape index (κ3) is 6.47. The molecule has 4 aromatic rings. The maximum atomic E-state index is 15.8. The molecule has 3 aliphatic heterocycles. The van der Waals surface area contributed by atoms with E-state index < -0.39 is 23.5 Å². The van der Waals surface area contributed by atoms with E-state index in [1.165, 1.54) is 6.07 Å². The molecule has 1 aromatic carbocycles. The minimum atomic E-state index is -1.33. The van der Waals surface area contributed by atoms with Crippen molar-refractivity contribution >= 4 is 22.7 Å². The Morgan fingerprint density at radius 3 is 2.52 bits per heavy atom. The Balaban J connectivity index is 1.35. The van der Waals surface area contributed by atoms with E-state index in [2.05, 4.69) is 21.9 Å². The van der Waals surface area contributed by atoms with Crippen molar-refractivity contribution in [3.8, 4) is 28.3 Å². The highest BCUT2D eigenvalue weighted by Crippen LogP contribution is 2.45. The molecule has 3 aliphatic rings. The Morgan fingerprint density at radius 2 is 1.82 bits per heavy atom. The number of hydrogen-bond acceptors (Lipinski definition) is 8. The molecule has 0 unspecified atom stereocenters. The second kappa shape index (κ2) is 13.6. The lowest BCUT2D eigenvalue weighted by molar-refractivity contribution is -0.160. The molecule has 11 heteroatoms. The largest absolute Gasteiger partial charge is 0.490 e. The number of carboxylic acids is 1. The second-order valence-electron chi connectivity index (χ2n) is 14.8. The van der Waals surface area contributed by atoms with Crippen molar-refractivity contribution in [1.82, 2.24) is 19.4 Å². The minimum absolute atomic E-state index is 0.283. The smallest absolute Gasteiger partial charge is 0.337 e. The lowest BCUT2D eigenvalue weighted by atomic mass is 9.86. The predicted molar refractivity (Wildman–Crippen MR) is 191 cm³/mol. The van der Waals surface area contributed by atoms with Gasteiger partial charge in [0.1, 0.15) is 5.65 Å². The van der Waals surface area contributed by atoms with E-state index in [0.29, 0.717) is 52.5 Å². The first-order valence-corrected chi connectivity index (χ1v) is 17.8. The number of carboxylic acid groups (broad SMARTS) is 1. The van der Waals surface area contributed by atoms with Crippen LogP contribution in [0.5, 0.6) is 5.75 Å². The summed E-state index contributed by atoms with van der Waals surface area (Å²) < 4.78 is 35.4. The summed E-state index contributed by atoms with van der Waals surface area (Å²) >= 11 is 0. The van der Waals surface area contributed by atoms with Crippen molar-refractivity contribution in [3.63, 3.8) is 0 Å². The van der Waals surface area contributed by atoms with E-state index in [4.69, 9.17) is 24.2 Å². The van der Waals surface area contributed by atoms with Crippen LogP contribution in [0, 0.1) is 19.7 Å². The third-order valence-corrected chi connectivity index (χ3v) is 10.5. The lowest BCUT2D eigenvalue weighted by Gasteiger charge is -2.41. The fourth-order valence-electron chi connectivity index (χ4n) is 7.97. The summed E-state index contributed by atoms with van der Waals surface area (Å²) in [6.45, 7) is 15.3. The standard InChI is InChI=1S/C39H48FN5O5/c1-23-27-8-7-17-49-35(27)30(40)21-28(23)34-29-22-32(43(6)37(29)42-24(2)33(34)36(38(46)47)50-39(3,4)5)31-20-26(9-12-41-31)45-15-13-44(14-16-45)25-10-18-48-19-11-25/h9,12,20-22,25,36H,7-8,10-11,13-19H2,1-6H3,(H,46,47)/t36-/m0/s1. The molecule has 0 radical (unpaired) electrons. The van der Waals surface area contributed by atoms with Crippen molar-refractivity contribution in [2.24, 2.45) is 7.05 Å². The molecule has 0 aliphatic carbocycles. The number of halogens is 1. The molecule has 266 valence electrons. The van der Waals surface area contributed by atoms with Gasteiger partial charge in [0.2, 0.25) is 0 Å². The summed E-state index contributed by atoms with van der Waals surface area (Å²) in [5.74, 6) is -1.31. The Morgan fingerprint density at radius 1 is 1.08 bits per heavy atom. The molecule has 1 atom stereocenters. The topological polar surface area (TPSA) is 102 Å². The minimum Gasteiger partial charge on any atom is -0.490 e. The molecule has 6 heterocycles. The number of ether oxygens (including phenoxy) is 3. The number of aromatic nitrogens is 3. The molecule has 0 saturated carbocycles. The van der Waals surface area contributed by atoms with Crippen LogP contribution in [-0.2, 0) is 27.7 Å². The quantitative estimate of drug-likeness (QED) is 0.230. The van der Waals surface area contributed by atoms with Crippen molar-refractivity contribution < 1.29 is 28.5 Å². The number of benzene rings is 1. The van der Waals surface area contributed by atoms with Crippen LogP contribution in [0.15, 0.2) is 30.5 Å². The molecule has 2 saturated heterocycles. The van der Waals surface area contributed by atoms with Gasteiger partial charge in [0.25, 0.3) is 0 Å². The van der Waals surface area contributed by atoms with Crippen molar-refractivity contribution in [1.29, 1.82) is 0 Å². The van der Waals surface area contributed by atoms with Gasteiger partial charge in [-0.05, 0) is 95.7 Å². The first kappa shape index (κ1) is 34.4. The average Bonchev–Trinajstić information content (AvgIpc) is 3.43. The molecule has 10 nitrogen and oxygen atoms in total. The number of pyridine rings is 2. The van der Waals surface area contributed by atoms with Gasteiger partial charge in [-0.25, -0.2) is 14.2 Å². The van der Waals surface area contributed by atoms with Crippen LogP contribution in [-0.4, -0.2) is 88.2 Å². The van der Waals surface area contributed by atoms with Crippen molar-refractivity contribution in [2.75, 3.05) is 50.9 Å². The first-order chi connectivity index (χ1) is 23.9. The lowest BCUT2D eigenvalue weighted by Crippen LogP contribution is -2.51. The number of anilines is 1. The number of nitrogens with zero attached hydrogens (tertiary/aromatic N) is 5. The fourth-order valence-corrected chi connectivity index (χ4v) is 7.97. The molecule has 0 bridgehead atoms. The molecule has 1 N–H and O–H groups in total. The van der Waals surface area contributed by atoms with Gasteiger partial charge >= 0.3 is 5.97 Å². The molecular weight excluding hydrogens is 637 g/mol. The van der Waals surface area contributed by atoms with Crippen LogP contribution in [0.4, 0.5) is 10.1 Å². The number of rotatable bonds is 7. The Kier molecular flexibility index (Phi) is 9.34. The van der Waals surface area contributed by atoms with E-state index in [1.807, 2.05) is 51.6 Å². The van der Waals surface area contributed by atoms with Crippen LogP contribution >= 0.6 is 0 Å². The summed E-state index contributed by atoms with van der Waals surface area (Å²) in [4.78, 5) is 27.8. The van der Waals surface area contributed by atoms with Gasteiger partial charge in [0.05, 0.1) is 23.6 Å². The normalized spacial score (nSPS) is 18.3. The maximum absolute atomic E-state index is 15.8.